The SMILES string of the molecule is O=C(NC1CCCCC1)NC1CC1c1cccs1. The van der Waals surface area contributed by atoms with Crippen molar-refractivity contribution in [3.05, 3.63) is 22.4 Å². The van der Waals surface area contributed by atoms with Crippen molar-refractivity contribution < 1.29 is 4.79 Å². The van der Waals surface area contributed by atoms with Crippen molar-refractivity contribution in [1.29, 1.82) is 0 Å². The highest BCUT2D eigenvalue weighted by atomic mass is 32.1. The molecule has 0 bridgehead atoms. The molecule has 2 N–H and O–H groups in total. The van der Waals surface area contributed by atoms with Crippen LogP contribution in [0.3, 0.4) is 0 Å². The number of thiophene rings is 1. The molecule has 0 saturated heterocycles. The molecule has 0 aliphatic heterocycles. The summed E-state index contributed by atoms with van der Waals surface area (Å²) < 4.78 is 0. The van der Waals surface area contributed by atoms with Gasteiger partial charge in [0.1, 0.15) is 0 Å². The summed E-state index contributed by atoms with van der Waals surface area (Å²) in [5.41, 5.74) is 0. The third kappa shape index (κ3) is 2.86. The lowest BCUT2D eigenvalue weighted by Crippen LogP contribution is -2.43. The van der Waals surface area contributed by atoms with Crippen LogP contribution in [0.2, 0.25) is 0 Å². The maximum Gasteiger partial charge on any atom is 0.315 e. The number of rotatable bonds is 3. The third-order valence-electron chi connectivity index (χ3n) is 3.96. The largest absolute Gasteiger partial charge is 0.335 e. The Morgan fingerprint density at radius 1 is 1.22 bits per heavy atom. The molecule has 0 aromatic carbocycles. The lowest BCUT2D eigenvalue weighted by Gasteiger charge is -2.22. The highest BCUT2D eigenvalue weighted by Gasteiger charge is 2.40. The van der Waals surface area contributed by atoms with E-state index in [0.717, 1.165) is 19.3 Å². The number of carbonyl (C=O) groups is 1. The maximum absolute atomic E-state index is 11.9. The average Bonchev–Trinajstić information content (AvgIpc) is 2.92. The molecule has 1 aromatic heterocycles. The van der Waals surface area contributed by atoms with Crippen LogP contribution in [0.4, 0.5) is 4.79 Å². The lowest BCUT2D eigenvalue weighted by molar-refractivity contribution is 0.232. The number of nitrogens with one attached hydrogen (secondary N) is 2. The second-order valence-corrected chi connectivity index (χ2v) is 6.40. The fraction of sp³-hybridized carbons (Fsp3) is 0.643. The normalized spacial score (nSPS) is 27.8. The minimum absolute atomic E-state index is 0.0333. The third-order valence-corrected chi connectivity index (χ3v) is 4.96. The smallest absolute Gasteiger partial charge is 0.315 e. The van der Waals surface area contributed by atoms with Gasteiger partial charge in [-0.2, -0.15) is 0 Å². The summed E-state index contributed by atoms with van der Waals surface area (Å²) in [5.74, 6) is 0.558. The predicted octanol–water partition coefficient (Wildman–Crippen LogP) is 3.24. The summed E-state index contributed by atoms with van der Waals surface area (Å²) in [4.78, 5) is 13.3. The van der Waals surface area contributed by atoms with Gasteiger partial charge in [0.05, 0.1) is 0 Å². The zero-order valence-electron chi connectivity index (χ0n) is 10.5. The van der Waals surface area contributed by atoms with E-state index < -0.39 is 0 Å². The summed E-state index contributed by atoms with van der Waals surface area (Å²) >= 11 is 1.79. The van der Waals surface area contributed by atoms with Crippen LogP contribution < -0.4 is 10.6 Å². The summed E-state index contributed by atoms with van der Waals surface area (Å²) in [5, 5.41) is 8.31. The molecule has 2 saturated carbocycles. The molecule has 4 heteroatoms. The van der Waals surface area contributed by atoms with Gasteiger partial charge < -0.3 is 10.6 Å². The van der Waals surface area contributed by atoms with E-state index in [4.69, 9.17) is 0 Å². The van der Waals surface area contributed by atoms with E-state index in [1.165, 1.54) is 24.1 Å². The first-order valence-corrected chi connectivity index (χ1v) is 7.81. The van der Waals surface area contributed by atoms with Gasteiger partial charge in [0.25, 0.3) is 0 Å². The number of hydrogen-bond donors (Lipinski definition) is 2. The average molecular weight is 264 g/mol. The molecule has 2 unspecified atom stereocenters. The van der Waals surface area contributed by atoms with Gasteiger partial charge in [-0.3, -0.25) is 0 Å². The number of urea groups is 1. The zero-order chi connectivity index (χ0) is 12.4. The van der Waals surface area contributed by atoms with Crippen LogP contribution >= 0.6 is 11.3 Å². The Hall–Kier alpha value is -1.03. The quantitative estimate of drug-likeness (QED) is 0.864. The lowest BCUT2D eigenvalue weighted by atomic mass is 9.96. The molecule has 2 atom stereocenters. The van der Waals surface area contributed by atoms with Crippen LogP contribution in [0.15, 0.2) is 17.5 Å². The molecule has 98 valence electrons. The molecule has 18 heavy (non-hydrogen) atoms. The standard InChI is InChI=1S/C14H20N2OS/c17-14(15-10-5-2-1-3-6-10)16-12-9-11(12)13-7-4-8-18-13/h4,7-8,10-12H,1-3,5-6,9H2,(H2,15,16,17). The molecule has 2 fully saturated rings. The molecule has 0 spiro atoms. The molecule has 0 radical (unpaired) electrons. The summed E-state index contributed by atoms with van der Waals surface area (Å²) in [6, 6.07) is 5.03. The molecule has 3 rings (SSSR count). The fourth-order valence-electron chi connectivity index (χ4n) is 2.81. The van der Waals surface area contributed by atoms with Crippen LogP contribution in [0.1, 0.15) is 49.3 Å². The van der Waals surface area contributed by atoms with Crippen molar-refractivity contribution in [3.63, 3.8) is 0 Å². The number of carbonyl (C=O) groups excluding carboxylic acids is 1. The van der Waals surface area contributed by atoms with Crippen LogP contribution in [-0.4, -0.2) is 18.1 Å². The first-order valence-electron chi connectivity index (χ1n) is 6.93. The summed E-state index contributed by atoms with van der Waals surface area (Å²) in [6.45, 7) is 0. The Bertz CT molecular complexity index is 398. The minimum Gasteiger partial charge on any atom is -0.335 e. The van der Waals surface area contributed by atoms with Crippen molar-refractivity contribution in [2.24, 2.45) is 0 Å². The Morgan fingerprint density at radius 2 is 2.06 bits per heavy atom. The van der Waals surface area contributed by atoms with Crippen LogP contribution in [0, 0.1) is 0 Å². The van der Waals surface area contributed by atoms with Gasteiger partial charge in [-0.05, 0) is 30.7 Å². The monoisotopic (exact) mass is 264 g/mol. The van der Waals surface area contributed by atoms with E-state index in [-0.39, 0.29) is 6.03 Å². The molecular formula is C14H20N2OS. The van der Waals surface area contributed by atoms with Gasteiger partial charge in [-0.15, -0.1) is 11.3 Å². The van der Waals surface area contributed by atoms with E-state index in [1.807, 2.05) is 0 Å². The van der Waals surface area contributed by atoms with Gasteiger partial charge >= 0.3 is 6.03 Å². The number of amides is 2. The minimum atomic E-state index is 0.0333. The zero-order valence-corrected chi connectivity index (χ0v) is 11.3. The van der Waals surface area contributed by atoms with Crippen LogP contribution in [0.25, 0.3) is 0 Å². The second-order valence-electron chi connectivity index (χ2n) is 5.42. The fourth-order valence-corrected chi connectivity index (χ4v) is 3.72. The van der Waals surface area contributed by atoms with Crippen LogP contribution in [0.5, 0.6) is 0 Å². The Kier molecular flexibility index (Phi) is 3.55. The van der Waals surface area contributed by atoms with Crippen LogP contribution in [-0.2, 0) is 0 Å². The van der Waals surface area contributed by atoms with Gasteiger partial charge in [0.15, 0.2) is 0 Å². The summed E-state index contributed by atoms with van der Waals surface area (Å²) in [7, 11) is 0. The second kappa shape index (κ2) is 5.31. The Balaban J connectivity index is 1.42. The first kappa shape index (κ1) is 12.0. The van der Waals surface area contributed by atoms with Gasteiger partial charge in [0, 0.05) is 22.9 Å². The van der Waals surface area contributed by atoms with Crippen molar-refractivity contribution in [2.75, 3.05) is 0 Å². The van der Waals surface area contributed by atoms with Gasteiger partial charge in [0.2, 0.25) is 0 Å². The van der Waals surface area contributed by atoms with Crippen molar-refractivity contribution in [2.45, 2.75) is 56.5 Å². The molecule has 2 aliphatic rings. The van der Waals surface area contributed by atoms with E-state index in [2.05, 4.69) is 28.1 Å². The van der Waals surface area contributed by atoms with E-state index in [0.29, 0.717) is 18.0 Å². The van der Waals surface area contributed by atoms with Crippen molar-refractivity contribution in [3.8, 4) is 0 Å². The Labute approximate surface area is 112 Å². The highest BCUT2D eigenvalue weighted by Crippen LogP contribution is 2.42. The molecule has 1 heterocycles. The molecule has 2 amide bonds. The van der Waals surface area contributed by atoms with E-state index in [9.17, 15) is 4.79 Å². The van der Waals surface area contributed by atoms with E-state index in [1.54, 1.807) is 11.3 Å². The van der Waals surface area contributed by atoms with Gasteiger partial charge in [-0.25, -0.2) is 4.79 Å². The maximum atomic E-state index is 11.9. The van der Waals surface area contributed by atoms with Gasteiger partial charge in [-0.1, -0.05) is 25.3 Å². The predicted molar refractivity (Wildman–Crippen MR) is 74.0 cm³/mol. The topological polar surface area (TPSA) is 41.1 Å². The molecular weight excluding hydrogens is 244 g/mol. The number of hydrogen-bond acceptors (Lipinski definition) is 2. The molecule has 2 aliphatic carbocycles. The highest BCUT2D eigenvalue weighted by molar-refractivity contribution is 7.10. The first-order chi connectivity index (χ1) is 8.83. The van der Waals surface area contributed by atoms with Crippen molar-refractivity contribution >= 4 is 17.4 Å². The molecule has 3 nitrogen and oxygen atoms in total. The molecule has 1 aromatic rings. The van der Waals surface area contributed by atoms with Crippen molar-refractivity contribution in [1.82, 2.24) is 10.6 Å². The van der Waals surface area contributed by atoms with E-state index >= 15 is 0 Å². The summed E-state index contributed by atoms with van der Waals surface area (Å²) in [6.07, 6.45) is 7.22. The Morgan fingerprint density at radius 3 is 2.78 bits per heavy atom.